The second-order valence-electron chi connectivity index (χ2n) is 12.4. The highest BCUT2D eigenvalue weighted by Gasteiger charge is 2.21. The predicted octanol–water partition coefficient (Wildman–Crippen LogP) is 7.14. The summed E-state index contributed by atoms with van der Waals surface area (Å²) in [6.45, 7) is 7.24. The third-order valence-corrected chi connectivity index (χ3v) is 8.24. The van der Waals surface area contributed by atoms with Gasteiger partial charge in [0, 0.05) is 31.3 Å². The smallest absolute Gasteiger partial charge is 0.326 e. The topological polar surface area (TPSA) is 134 Å². The van der Waals surface area contributed by atoms with E-state index in [2.05, 4.69) is 27.1 Å². The van der Waals surface area contributed by atoms with Crippen molar-refractivity contribution in [2.24, 2.45) is 5.92 Å². The summed E-state index contributed by atoms with van der Waals surface area (Å²) in [4.78, 5) is 25.9. The summed E-state index contributed by atoms with van der Waals surface area (Å²) in [5, 5.41) is 11.9. The van der Waals surface area contributed by atoms with E-state index < -0.39 is 22.0 Å². The number of carboxylic acid groups (broad SMARTS) is 1. The molecule has 49 heavy (non-hydrogen) atoms. The minimum absolute atomic E-state index is 0.153. The molecule has 10 nitrogen and oxygen atoms in total. The van der Waals surface area contributed by atoms with Crippen LogP contribution in [0.3, 0.4) is 0 Å². The van der Waals surface area contributed by atoms with Crippen molar-refractivity contribution in [3.8, 4) is 17.2 Å². The number of hydrogen-bond acceptors (Lipinski definition) is 7. The average molecular weight is 688 g/mol. The average Bonchev–Trinajstić information content (AvgIpc) is 3.04. The summed E-state index contributed by atoms with van der Waals surface area (Å²) in [6, 6.07) is 29.9. The van der Waals surface area contributed by atoms with Crippen molar-refractivity contribution >= 4 is 33.3 Å². The van der Waals surface area contributed by atoms with Gasteiger partial charge in [-0.15, -0.1) is 0 Å². The van der Waals surface area contributed by atoms with Crippen LogP contribution in [0.25, 0.3) is 0 Å². The van der Waals surface area contributed by atoms with Crippen molar-refractivity contribution < 1.29 is 32.6 Å². The summed E-state index contributed by atoms with van der Waals surface area (Å²) < 4.78 is 38.5. The molecule has 0 bridgehead atoms. The number of nitrogens with zero attached hydrogens (tertiary/aromatic N) is 1. The van der Waals surface area contributed by atoms with Gasteiger partial charge >= 0.3 is 5.97 Å². The van der Waals surface area contributed by atoms with E-state index in [9.17, 15) is 23.1 Å². The summed E-state index contributed by atoms with van der Waals surface area (Å²) in [5.74, 6) is 0.650. The van der Waals surface area contributed by atoms with Crippen molar-refractivity contribution in [3.05, 3.63) is 114 Å². The van der Waals surface area contributed by atoms with E-state index in [0.29, 0.717) is 55.5 Å². The number of amides is 1. The molecule has 0 radical (unpaired) electrons. The second-order valence-corrected chi connectivity index (χ2v) is 14.2. The highest BCUT2D eigenvalue weighted by molar-refractivity contribution is 7.92. The van der Waals surface area contributed by atoms with Crippen LogP contribution in [0, 0.1) is 12.8 Å². The molecule has 0 aliphatic carbocycles. The molecule has 0 unspecified atom stereocenters. The van der Waals surface area contributed by atoms with Gasteiger partial charge in [0.05, 0.1) is 18.6 Å². The van der Waals surface area contributed by atoms with Crippen LogP contribution in [-0.4, -0.2) is 44.3 Å². The van der Waals surface area contributed by atoms with Crippen LogP contribution >= 0.6 is 0 Å². The normalized spacial score (nSPS) is 11.9. The second kappa shape index (κ2) is 17.4. The number of benzene rings is 4. The Balaban J connectivity index is 1.36. The number of carbonyl (C=O) groups excluding carboxylic acids is 1. The van der Waals surface area contributed by atoms with E-state index in [0.717, 1.165) is 28.6 Å². The Hall–Kier alpha value is -5.03. The third-order valence-electron chi connectivity index (χ3n) is 7.65. The summed E-state index contributed by atoms with van der Waals surface area (Å²) in [5.41, 5.74) is 4.48. The van der Waals surface area contributed by atoms with Crippen molar-refractivity contribution in [3.63, 3.8) is 0 Å². The van der Waals surface area contributed by atoms with E-state index in [4.69, 9.17) is 9.47 Å². The molecule has 4 aromatic rings. The van der Waals surface area contributed by atoms with Crippen LogP contribution < -0.4 is 24.4 Å². The molecule has 1 amide bonds. The van der Waals surface area contributed by atoms with Crippen molar-refractivity contribution in [1.82, 2.24) is 5.32 Å². The first kappa shape index (κ1) is 36.8. The van der Waals surface area contributed by atoms with Gasteiger partial charge in [0.25, 0.3) is 0 Å². The van der Waals surface area contributed by atoms with Gasteiger partial charge in [0.1, 0.15) is 23.3 Å². The van der Waals surface area contributed by atoms with E-state index >= 15 is 0 Å². The first-order valence-electron chi connectivity index (χ1n) is 16.2. The van der Waals surface area contributed by atoms with Crippen molar-refractivity contribution in [1.29, 1.82) is 0 Å². The summed E-state index contributed by atoms with van der Waals surface area (Å²) in [6.07, 6.45) is 2.12. The molecule has 260 valence electrons. The molecule has 11 heteroatoms. The molecule has 3 N–H and O–H groups in total. The van der Waals surface area contributed by atoms with Gasteiger partial charge < -0.3 is 24.8 Å². The molecule has 0 saturated carbocycles. The Kier molecular flexibility index (Phi) is 13.1. The number of rotatable bonds is 18. The lowest BCUT2D eigenvalue weighted by Gasteiger charge is -2.28. The number of aliphatic carboxylic acids is 1. The molecule has 0 saturated heterocycles. The van der Waals surface area contributed by atoms with E-state index in [-0.39, 0.29) is 18.2 Å². The van der Waals surface area contributed by atoms with Gasteiger partial charge in [-0.05, 0) is 78.8 Å². The number of ether oxygens (including phenoxy) is 2. The lowest BCUT2D eigenvalue weighted by Crippen LogP contribution is -2.41. The molecule has 0 aliphatic heterocycles. The predicted molar refractivity (Wildman–Crippen MR) is 193 cm³/mol. The molecule has 4 aromatic carbocycles. The highest BCUT2D eigenvalue weighted by atomic mass is 32.2. The van der Waals surface area contributed by atoms with Gasteiger partial charge in [-0.3, -0.25) is 9.52 Å². The molecule has 0 spiro atoms. The van der Waals surface area contributed by atoms with Crippen molar-refractivity contribution in [2.45, 2.75) is 59.2 Å². The number of carboxylic acids is 1. The van der Waals surface area contributed by atoms with Gasteiger partial charge in [0.15, 0.2) is 0 Å². The Labute approximate surface area is 289 Å². The molecule has 0 heterocycles. The maximum Gasteiger partial charge on any atom is 0.326 e. The minimum Gasteiger partial charge on any atom is -0.493 e. The third kappa shape index (κ3) is 12.2. The molecule has 0 fully saturated rings. The van der Waals surface area contributed by atoms with Gasteiger partial charge in [-0.25, -0.2) is 13.2 Å². The quantitative estimate of drug-likeness (QED) is 0.0941. The maximum absolute atomic E-state index is 12.2. The number of anilines is 2. The van der Waals surface area contributed by atoms with Gasteiger partial charge in [-0.2, -0.15) is 0 Å². The Morgan fingerprint density at radius 3 is 2.14 bits per heavy atom. The fourth-order valence-corrected chi connectivity index (χ4v) is 5.96. The monoisotopic (exact) mass is 687 g/mol. The molecular weight excluding hydrogens is 642 g/mol. The van der Waals surface area contributed by atoms with Gasteiger partial charge in [-0.1, -0.05) is 68.4 Å². The van der Waals surface area contributed by atoms with Crippen LogP contribution in [0.1, 0.15) is 49.8 Å². The van der Waals surface area contributed by atoms with E-state index in [1.54, 1.807) is 12.1 Å². The maximum atomic E-state index is 12.2. The molecule has 1 atom stereocenters. The molecular formula is C38H45N3O7S. The zero-order chi connectivity index (χ0) is 35.4. The number of sulfonamides is 1. The fraction of sp³-hybridized carbons (Fsp3) is 0.316. The number of carbonyl (C=O) groups is 2. The van der Waals surface area contributed by atoms with Crippen molar-refractivity contribution in [2.75, 3.05) is 22.5 Å². The van der Waals surface area contributed by atoms with Crippen LogP contribution in [0.15, 0.2) is 97.1 Å². The lowest BCUT2D eigenvalue weighted by molar-refractivity contribution is -0.142. The molecule has 0 aromatic heterocycles. The Bertz CT molecular complexity index is 1800. The van der Waals surface area contributed by atoms with Crippen LogP contribution in [0.2, 0.25) is 0 Å². The summed E-state index contributed by atoms with van der Waals surface area (Å²) >= 11 is 0. The zero-order valence-corrected chi connectivity index (χ0v) is 29.2. The standard InChI is InChI=1S/C38H45N3O7S/c1-27(2)23-35(38(43)44)39-37(42)17-10-22-47-32-13-8-14-33(24-32)48-31-20-18-30(19-21-31)26-41(25-29-11-6-5-7-12-29)36-16-9-15-34(28(36)3)40-49(4,45)46/h5-9,11-16,18-21,24,27,35,40H,10,17,22-23,25-26H2,1-4H3,(H,39,42)(H,43,44)/t35-/m0/s1. The van der Waals surface area contributed by atoms with E-state index in [1.165, 1.54) is 0 Å². The Morgan fingerprint density at radius 2 is 1.49 bits per heavy atom. The van der Waals surface area contributed by atoms with Crippen LogP contribution in [0.5, 0.6) is 17.2 Å². The Morgan fingerprint density at radius 1 is 0.837 bits per heavy atom. The highest BCUT2D eigenvalue weighted by Crippen LogP contribution is 2.31. The van der Waals surface area contributed by atoms with Crippen LogP contribution in [0.4, 0.5) is 11.4 Å². The minimum atomic E-state index is -3.43. The zero-order valence-electron chi connectivity index (χ0n) is 28.4. The molecule has 4 rings (SSSR count). The summed E-state index contributed by atoms with van der Waals surface area (Å²) in [7, 11) is -3.43. The van der Waals surface area contributed by atoms with Gasteiger partial charge in [0.2, 0.25) is 15.9 Å². The van der Waals surface area contributed by atoms with E-state index in [1.807, 2.05) is 93.6 Å². The first-order chi connectivity index (χ1) is 23.4. The lowest BCUT2D eigenvalue weighted by atomic mass is 10.0. The first-order valence-corrected chi connectivity index (χ1v) is 18.1. The largest absolute Gasteiger partial charge is 0.493 e. The van der Waals surface area contributed by atoms with Crippen LogP contribution in [-0.2, 0) is 32.7 Å². The molecule has 0 aliphatic rings. The number of nitrogens with one attached hydrogen (secondary N) is 2. The fourth-order valence-electron chi connectivity index (χ4n) is 5.34. The number of hydrogen-bond donors (Lipinski definition) is 3. The SMILES string of the molecule is Cc1c(NS(C)(=O)=O)cccc1N(Cc1ccccc1)Cc1ccc(Oc2cccc(OCCCC(=O)N[C@@H](CC(C)C)C(=O)O)c2)cc1.